The van der Waals surface area contributed by atoms with E-state index in [1.165, 1.54) is 0 Å². The minimum atomic E-state index is -0.198. The van der Waals surface area contributed by atoms with Gasteiger partial charge in [-0.05, 0) is 26.8 Å². The largest absolute Gasteiger partial charge is 0.344 e. The number of amides is 1. The van der Waals surface area contributed by atoms with Gasteiger partial charge in [0.2, 0.25) is 5.91 Å². The van der Waals surface area contributed by atoms with Crippen molar-refractivity contribution < 1.29 is 4.79 Å². The topological polar surface area (TPSA) is 50.2 Å². The molecule has 1 aromatic heterocycles. The number of hydrogen-bond donors (Lipinski definition) is 1. The zero-order chi connectivity index (χ0) is 13.5. The molecule has 0 aliphatic carbocycles. The van der Waals surface area contributed by atoms with Crippen LogP contribution in [0.3, 0.4) is 0 Å². The Morgan fingerprint density at radius 3 is 2.89 bits per heavy atom. The summed E-state index contributed by atoms with van der Waals surface area (Å²) in [7, 11) is 1.82. The fourth-order valence-corrected chi connectivity index (χ4v) is 1.80. The average molecular weight is 252 g/mol. The molecule has 0 saturated carbocycles. The van der Waals surface area contributed by atoms with E-state index in [2.05, 4.69) is 17.2 Å². The van der Waals surface area contributed by atoms with Gasteiger partial charge in [-0.1, -0.05) is 6.92 Å². The minimum Gasteiger partial charge on any atom is -0.344 e. The third-order valence-electron chi connectivity index (χ3n) is 3.10. The third kappa shape index (κ3) is 3.57. The number of likely N-dealkylation sites (N-methyl/N-ethyl adjacent to an activating group) is 1. The molecule has 102 valence electrons. The summed E-state index contributed by atoms with van der Waals surface area (Å²) in [6.07, 6.45) is 4.65. The van der Waals surface area contributed by atoms with Crippen LogP contribution in [0.2, 0.25) is 0 Å². The van der Waals surface area contributed by atoms with Crippen molar-refractivity contribution in [1.82, 2.24) is 19.8 Å². The van der Waals surface area contributed by atoms with Crippen LogP contribution >= 0.6 is 0 Å². The van der Waals surface area contributed by atoms with E-state index in [0.717, 1.165) is 31.7 Å². The molecule has 0 bridgehead atoms. The van der Waals surface area contributed by atoms with Crippen LogP contribution in [0.5, 0.6) is 0 Å². The molecule has 1 rings (SSSR count). The smallest absolute Gasteiger partial charge is 0.245 e. The molecule has 1 unspecified atom stereocenters. The molecule has 1 N–H and O–H groups in total. The fourth-order valence-electron chi connectivity index (χ4n) is 1.80. The number of carbonyl (C=O) groups excluding carboxylic acids is 1. The lowest BCUT2D eigenvalue weighted by Crippen LogP contribution is -2.33. The van der Waals surface area contributed by atoms with E-state index >= 15 is 0 Å². The van der Waals surface area contributed by atoms with Crippen molar-refractivity contribution in [3.05, 3.63) is 18.2 Å². The molecule has 5 heteroatoms. The first-order valence-electron chi connectivity index (χ1n) is 6.58. The van der Waals surface area contributed by atoms with Crippen LogP contribution in [0.25, 0.3) is 0 Å². The summed E-state index contributed by atoms with van der Waals surface area (Å²) in [4.78, 5) is 18.0. The molecule has 1 heterocycles. The number of carbonyl (C=O) groups is 1. The van der Waals surface area contributed by atoms with Crippen LogP contribution < -0.4 is 5.32 Å². The van der Waals surface area contributed by atoms with E-state index in [4.69, 9.17) is 0 Å². The van der Waals surface area contributed by atoms with E-state index in [1.807, 2.05) is 31.7 Å². The Balaban J connectivity index is 2.70. The summed E-state index contributed by atoms with van der Waals surface area (Å²) in [6.45, 7) is 8.47. The van der Waals surface area contributed by atoms with Crippen molar-refractivity contribution >= 4 is 5.91 Å². The van der Waals surface area contributed by atoms with Gasteiger partial charge in [-0.3, -0.25) is 4.79 Å². The van der Waals surface area contributed by atoms with Crippen molar-refractivity contribution in [3.63, 3.8) is 0 Å². The molecular weight excluding hydrogens is 228 g/mol. The summed E-state index contributed by atoms with van der Waals surface area (Å²) >= 11 is 0. The van der Waals surface area contributed by atoms with Gasteiger partial charge in [0.25, 0.3) is 0 Å². The lowest BCUT2D eigenvalue weighted by Gasteiger charge is -2.22. The molecule has 1 amide bonds. The van der Waals surface area contributed by atoms with Crippen LogP contribution in [-0.2, 0) is 11.3 Å². The van der Waals surface area contributed by atoms with Crippen LogP contribution in [0.4, 0.5) is 0 Å². The first kappa shape index (κ1) is 14.7. The minimum absolute atomic E-state index is 0.118. The predicted molar refractivity (Wildman–Crippen MR) is 72.2 cm³/mol. The molecule has 0 fully saturated rings. The summed E-state index contributed by atoms with van der Waals surface area (Å²) in [5.74, 6) is 0.118. The molecule has 1 atom stereocenters. The van der Waals surface area contributed by atoms with E-state index in [1.54, 1.807) is 11.2 Å². The molecule has 1 aromatic rings. The lowest BCUT2D eigenvalue weighted by atomic mass is 10.2. The molecule has 5 nitrogen and oxygen atoms in total. The van der Waals surface area contributed by atoms with Gasteiger partial charge in [0, 0.05) is 26.3 Å². The Morgan fingerprint density at radius 1 is 1.56 bits per heavy atom. The van der Waals surface area contributed by atoms with Crippen molar-refractivity contribution in [2.45, 2.75) is 39.8 Å². The highest BCUT2D eigenvalue weighted by Crippen LogP contribution is 2.12. The first-order chi connectivity index (χ1) is 8.61. The summed E-state index contributed by atoms with van der Waals surface area (Å²) < 4.78 is 1.94. The second-order valence-electron chi connectivity index (χ2n) is 4.50. The first-order valence-corrected chi connectivity index (χ1v) is 6.58. The van der Waals surface area contributed by atoms with E-state index in [0.29, 0.717) is 0 Å². The van der Waals surface area contributed by atoms with Gasteiger partial charge < -0.3 is 14.8 Å². The Kier molecular flexibility index (Phi) is 5.85. The Labute approximate surface area is 109 Å². The molecule has 18 heavy (non-hydrogen) atoms. The normalized spacial score (nSPS) is 12.4. The monoisotopic (exact) mass is 252 g/mol. The van der Waals surface area contributed by atoms with E-state index in [-0.39, 0.29) is 11.9 Å². The Bertz CT molecular complexity index is 375. The summed E-state index contributed by atoms with van der Waals surface area (Å²) in [5, 5.41) is 3.33. The molecule has 0 saturated heterocycles. The number of nitrogens with zero attached hydrogens (tertiary/aromatic N) is 3. The second kappa shape index (κ2) is 7.16. The van der Waals surface area contributed by atoms with Crippen molar-refractivity contribution in [3.8, 4) is 0 Å². The van der Waals surface area contributed by atoms with Crippen molar-refractivity contribution in [1.29, 1.82) is 0 Å². The molecule has 0 aliphatic heterocycles. The van der Waals surface area contributed by atoms with Gasteiger partial charge in [-0.15, -0.1) is 0 Å². The molecule has 0 spiro atoms. The van der Waals surface area contributed by atoms with E-state index < -0.39 is 0 Å². The quantitative estimate of drug-likeness (QED) is 0.747. The highest BCUT2D eigenvalue weighted by atomic mass is 16.2. The predicted octanol–water partition coefficient (Wildman–Crippen LogP) is 1.42. The lowest BCUT2D eigenvalue weighted by molar-refractivity contribution is -0.132. The number of rotatable bonds is 7. The maximum absolute atomic E-state index is 12.1. The molecule has 0 aromatic carbocycles. The van der Waals surface area contributed by atoms with Gasteiger partial charge in [-0.25, -0.2) is 4.98 Å². The number of nitrogens with one attached hydrogen (secondary N) is 1. The summed E-state index contributed by atoms with van der Waals surface area (Å²) in [5.41, 5.74) is 1.05. The number of hydrogen-bond acceptors (Lipinski definition) is 3. The van der Waals surface area contributed by atoms with Gasteiger partial charge in [-0.2, -0.15) is 0 Å². The summed E-state index contributed by atoms with van der Waals surface area (Å²) in [6, 6.07) is -0.198. The SMILES string of the molecule is CCCNCc1cncn1C(C)C(=O)N(C)CC. The standard InChI is InChI=1S/C13H24N4O/c1-5-7-14-8-12-9-15-10-17(12)11(3)13(18)16(4)6-2/h9-11,14H,5-8H2,1-4H3. The zero-order valence-electron chi connectivity index (χ0n) is 11.8. The maximum atomic E-state index is 12.1. The number of imidazole rings is 1. The van der Waals surface area contributed by atoms with Crippen LogP contribution in [0.15, 0.2) is 12.5 Å². The van der Waals surface area contributed by atoms with Gasteiger partial charge >= 0.3 is 0 Å². The van der Waals surface area contributed by atoms with Gasteiger partial charge in [0.05, 0.1) is 12.0 Å². The molecular formula is C13H24N4O. The Morgan fingerprint density at radius 2 is 2.28 bits per heavy atom. The van der Waals surface area contributed by atoms with Crippen molar-refractivity contribution in [2.24, 2.45) is 0 Å². The maximum Gasteiger partial charge on any atom is 0.245 e. The van der Waals surface area contributed by atoms with E-state index in [9.17, 15) is 4.79 Å². The second-order valence-corrected chi connectivity index (χ2v) is 4.50. The fraction of sp³-hybridized carbons (Fsp3) is 0.692. The highest BCUT2D eigenvalue weighted by molar-refractivity contribution is 5.79. The van der Waals surface area contributed by atoms with Crippen LogP contribution in [0, 0.1) is 0 Å². The van der Waals surface area contributed by atoms with Gasteiger partial charge in [0.15, 0.2) is 0 Å². The average Bonchev–Trinajstić information content (AvgIpc) is 2.84. The number of aromatic nitrogens is 2. The zero-order valence-corrected chi connectivity index (χ0v) is 11.8. The Hall–Kier alpha value is -1.36. The third-order valence-corrected chi connectivity index (χ3v) is 3.10. The molecule has 0 radical (unpaired) electrons. The van der Waals surface area contributed by atoms with Crippen LogP contribution in [-0.4, -0.2) is 40.5 Å². The highest BCUT2D eigenvalue weighted by Gasteiger charge is 2.19. The van der Waals surface area contributed by atoms with Crippen LogP contribution in [0.1, 0.15) is 38.9 Å². The van der Waals surface area contributed by atoms with Gasteiger partial charge in [0.1, 0.15) is 6.04 Å². The molecule has 0 aliphatic rings. The van der Waals surface area contributed by atoms with Crippen molar-refractivity contribution in [2.75, 3.05) is 20.1 Å².